The fourth-order valence-electron chi connectivity index (χ4n) is 2.56. The van der Waals surface area contributed by atoms with Crippen LogP contribution in [0.15, 0.2) is 71.1 Å². The summed E-state index contributed by atoms with van der Waals surface area (Å²) in [7, 11) is -1.51. The molecule has 0 aliphatic carbocycles. The fourth-order valence-corrected chi connectivity index (χ4v) is 3.99. The van der Waals surface area contributed by atoms with Crippen molar-refractivity contribution in [2.75, 3.05) is 6.67 Å². The molecule has 0 N–H and O–H groups in total. The molecule has 0 saturated heterocycles. The quantitative estimate of drug-likeness (QED) is 0.471. The second-order valence-electron chi connectivity index (χ2n) is 6.63. The lowest BCUT2D eigenvalue weighted by Gasteiger charge is -2.24. The molecule has 0 amide bonds. The zero-order valence-electron chi connectivity index (χ0n) is 15.9. The maximum absolute atomic E-state index is 13.8. The van der Waals surface area contributed by atoms with Gasteiger partial charge in [0.1, 0.15) is 12.8 Å². The van der Waals surface area contributed by atoms with Gasteiger partial charge in [0.05, 0.1) is 21.6 Å². The van der Waals surface area contributed by atoms with Crippen molar-refractivity contribution >= 4 is 16.8 Å². The standard InChI is InChI=1S/C22H25FO3S/c1-16(2)9-14-21(27(25)19-12-10-17(3)11-13-19)20(15-23)26-22(24)18-7-5-4-6-8-18/h4-13,20-21H,14-15H2,1-3H3/t20-,21+,27+/m1/s1. The summed E-state index contributed by atoms with van der Waals surface area (Å²) >= 11 is 0. The summed E-state index contributed by atoms with van der Waals surface area (Å²) in [5.74, 6) is -0.610. The van der Waals surface area contributed by atoms with Crippen LogP contribution >= 0.6 is 0 Å². The number of allylic oxidation sites excluding steroid dienone is 2. The molecular weight excluding hydrogens is 363 g/mol. The summed E-state index contributed by atoms with van der Waals surface area (Å²) in [6.07, 6.45) is 1.17. The molecule has 144 valence electrons. The molecule has 3 atom stereocenters. The van der Waals surface area contributed by atoms with Crippen molar-refractivity contribution in [1.82, 2.24) is 0 Å². The largest absolute Gasteiger partial charge is 0.455 e. The van der Waals surface area contributed by atoms with E-state index in [4.69, 9.17) is 4.74 Å². The molecule has 0 radical (unpaired) electrons. The van der Waals surface area contributed by atoms with Crippen molar-refractivity contribution in [3.05, 3.63) is 77.4 Å². The minimum atomic E-state index is -1.51. The molecular formula is C22H25FO3S. The van der Waals surface area contributed by atoms with Gasteiger partial charge in [-0.25, -0.2) is 9.18 Å². The highest BCUT2D eigenvalue weighted by molar-refractivity contribution is 7.85. The summed E-state index contributed by atoms with van der Waals surface area (Å²) in [5, 5.41) is -0.666. The third-order valence-corrected chi connectivity index (χ3v) is 5.90. The molecule has 0 aromatic heterocycles. The number of hydrogen-bond donors (Lipinski definition) is 0. The number of halogens is 1. The van der Waals surface area contributed by atoms with Gasteiger partial charge in [0, 0.05) is 4.90 Å². The van der Waals surface area contributed by atoms with Crippen LogP contribution in [0.1, 0.15) is 36.2 Å². The summed E-state index contributed by atoms with van der Waals surface area (Å²) in [4.78, 5) is 13.0. The number of carbonyl (C=O) groups excluding carboxylic acids is 1. The number of esters is 1. The van der Waals surface area contributed by atoms with Gasteiger partial charge in [-0.05, 0) is 51.5 Å². The molecule has 3 nitrogen and oxygen atoms in total. The number of ether oxygens (including phenoxy) is 1. The number of alkyl halides is 1. The van der Waals surface area contributed by atoms with Crippen LogP contribution < -0.4 is 0 Å². The Morgan fingerprint density at radius 3 is 2.30 bits per heavy atom. The van der Waals surface area contributed by atoms with E-state index in [-0.39, 0.29) is 0 Å². The number of rotatable bonds is 8. The molecule has 0 saturated carbocycles. The zero-order valence-corrected chi connectivity index (χ0v) is 16.7. The number of aryl methyl sites for hydroxylation is 1. The van der Waals surface area contributed by atoms with Crippen molar-refractivity contribution in [3.63, 3.8) is 0 Å². The van der Waals surface area contributed by atoms with Crippen LogP contribution in [0.4, 0.5) is 4.39 Å². The highest BCUT2D eigenvalue weighted by atomic mass is 32.2. The van der Waals surface area contributed by atoms with E-state index in [1.807, 2.05) is 39.0 Å². The maximum atomic E-state index is 13.8. The van der Waals surface area contributed by atoms with Gasteiger partial charge in [-0.15, -0.1) is 0 Å². The van der Waals surface area contributed by atoms with Crippen LogP contribution in [-0.4, -0.2) is 28.2 Å². The minimum absolute atomic E-state index is 0.345. The molecule has 0 unspecified atom stereocenters. The third-order valence-electron chi connectivity index (χ3n) is 4.12. The number of carbonyl (C=O) groups is 1. The average molecular weight is 389 g/mol. The van der Waals surface area contributed by atoms with Crippen LogP contribution in [0.3, 0.4) is 0 Å². The first-order valence-electron chi connectivity index (χ1n) is 8.85. The lowest BCUT2D eigenvalue weighted by atomic mass is 10.1. The first-order chi connectivity index (χ1) is 12.9. The lowest BCUT2D eigenvalue weighted by Crippen LogP contribution is -2.36. The minimum Gasteiger partial charge on any atom is -0.455 e. The molecule has 0 spiro atoms. The van der Waals surface area contributed by atoms with E-state index in [1.165, 1.54) is 0 Å². The van der Waals surface area contributed by atoms with Gasteiger partial charge in [0.2, 0.25) is 0 Å². The van der Waals surface area contributed by atoms with Crippen molar-refractivity contribution in [3.8, 4) is 0 Å². The molecule has 0 bridgehead atoms. The SMILES string of the molecule is CC(C)=CC[C@@H]([C@@H](CF)OC(=O)c1ccccc1)[S@@](=O)c1ccc(C)cc1. The maximum Gasteiger partial charge on any atom is 0.338 e. The second kappa shape index (κ2) is 10.2. The molecule has 0 fully saturated rings. The second-order valence-corrected chi connectivity index (χ2v) is 8.30. The number of benzene rings is 2. The van der Waals surface area contributed by atoms with Gasteiger partial charge in [0.15, 0.2) is 0 Å². The molecule has 2 rings (SSSR count). The Labute approximate surface area is 162 Å². The summed E-state index contributed by atoms with van der Waals surface area (Å²) in [5.41, 5.74) is 2.43. The summed E-state index contributed by atoms with van der Waals surface area (Å²) in [6.45, 7) is 4.90. The van der Waals surface area contributed by atoms with Crippen molar-refractivity contribution in [2.45, 2.75) is 43.4 Å². The third kappa shape index (κ3) is 6.14. The first kappa shape index (κ1) is 21.0. The predicted octanol–water partition coefficient (Wildman–Crippen LogP) is 5.02. The van der Waals surface area contributed by atoms with E-state index in [0.29, 0.717) is 16.9 Å². The van der Waals surface area contributed by atoms with E-state index >= 15 is 0 Å². The number of hydrogen-bond acceptors (Lipinski definition) is 3. The monoisotopic (exact) mass is 388 g/mol. The molecule has 2 aromatic carbocycles. The van der Waals surface area contributed by atoms with E-state index < -0.39 is 34.8 Å². The van der Waals surface area contributed by atoms with Gasteiger partial charge in [-0.1, -0.05) is 47.5 Å². The smallest absolute Gasteiger partial charge is 0.338 e. The predicted molar refractivity (Wildman–Crippen MR) is 107 cm³/mol. The lowest BCUT2D eigenvalue weighted by molar-refractivity contribution is 0.0233. The van der Waals surface area contributed by atoms with Crippen molar-refractivity contribution < 1.29 is 18.1 Å². The van der Waals surface area contributed by atoms with Crippen LogP contribution in [0.2, 0.25) is 0 Å². The van der Waals surface area contributed by atoms with Gasteiger partial charge in [0.25, 0.3) is 0 Å². The Hall–Kier alpha value is -2.27. The topological polar surface area (TPSA) is 43.4 Å². The molecule has 5 heteroatoms. The fraction of sp³-hybridized carbons (Fsp3) is 0.318. The Balaban J connectivity index is 2.26. The molecule has 27 heavy (non-hydrogen) atoms. The molecule has 0 heterocycles. The first-order valence-corrected chi connectivity index (χ1v) is 10.1. The molecule has 0 aliphatic rings. The van der Waals surface area contributed by atoms with Crippen molar-refractivity contribution in [2.24, 2.45) is 0 Å². The van der Waals surface area contributed by atoms with E-state index in [0.717, 1.165) is 11.1 Å². The molecule has 2 aromatic rings. The van der Waals surface area contributed by atoms with Gasteiger partial charge in [-0.3, -0.25) is 4.21 Å². The van der Waals surface area contributed by atoms with E-state index in [9.17, 15) is 13.4 Å². The highest BCUT2D eigenvalue weighted by Crippen LogP contribution is 2.22. The Kier molecular flexibility index (Phi) is 7.92. The highest BCUT2D eigenvalue weighted by Gasteiger charge is 2.31. The van der Waals surface area contributed by atoms with Crippen molar-refractivity contribution in [1.29, 1.82) is 0 Å². The normalized spacial score (nSPS) is 14.1. The van der Waals surface area contributed by atoms with Crippen LogP contribution in [0.5, 0.6) is 0 Å². The zero-order chi connectivity index (χ0) is 19.8. The molecule has 0 aliphatic heterocycles. The van der Waals surface area contributed by atoms with Crippen LogP contribution in [-0.2, 0) is 15.5 Å². The Morgan fingerprint density at radius 2 is 1.74 bits per heavy atom. The average Bonchev–Trinajstić information content (AvgIpc) is 2.67. The summed E-state index contributed by atoms with van der Waals surface area (Å²) < 4.78 is 32.3. The van der Waals surface area contributed by atoms with Gasteiger partial charge < -0.3 is 4.74 Å². The Bertz CT molecular complexity index is 796. The van der Waals surface area contributed by atoms with Gasteiger partial charge >= 0.3 is 5.97 Å². The van der Waals surface area contributed by atoms with Gasteiger partial charge in [-0.2, -0.15) is 0 Å². The van der Waals surface area contributed by atoms with E-state index in [2.05, 4.69) is 0 Å². The van der Waals surface area contributed by atoms with E-state index in [1.54, 1.807) is 42.5 Å². The summed E-state index contributed by atoms with van der Waals surface area (Å²) in [6, 6.07) is 15.7. The van der Waals surface area contributed by atoms with Crippen LogP contribution in [0.25, 0.3) is 0 Å². The van der Waals surface area contributed by atoms with Crippen LogP contribution in [0, 0.1) is 6.92 Å². The Morgan fingerprint density at radius 1 is 1.11 bits per heavy atom.